The van der Waals surface area contributed by atoms with Gasteiger partial charge in [0.15, 0.2) is 0 Å². The SMILES string of the molecule is CCCC(C)NCCCCC(=O)O. The van der Waals surface area contributed by atoms with E-state index in [4.69, 9.17) is 5.11 Å². The van der Waals surface area contributed by atoms with Gasteiger partial charge in [-0.15, -0.1) is 0 Å². The molecule has 1 atom stereocenters. The average molecular weight is 187 g/mol. The maximum atomic E-state index is 10.2. The van der Waals surface area contributed by atoms with Crippen LogP contribution >= 0.6 is 0 Å². The minimum absolute atomic E-state index is 0.295. The smallest absolute Gasteiger partial charge is 0.303 e. The second kappa shape index (κ2) is 8.05. The molecule has 0 fully saturated rings. The third-order valence-corrected chi connectivity index (χ3v) is 2.03. The fraction of sp³-hybridized carbons (Fsp3) is 0.900. The van der Waals surface area contributed by atoms with Crippen molar-refractivity contribution in [2.75, 3.05) is 6.54 Å². The summed E-state index contributed by atoms with van der Waals surface area (Å²) in [5.74, 6) is -0.693. The Morgan fingerprint density at radius 2 is 2.15 bits per heavy atom. The maximum Gasteiger partial charge on any atom is 0.303 e. The third-order valence-electron chi connectivity index (χ3n) is 2.03. The van der Waals surface area contributed by atoms with Gasteiger partial charge in [0.1, 0.15) is 0 Å². The fourth-order valence-electron chi connectivity index (χ4n) is 1.28. The van der Waals surface area contributed by atoms with Crippen molar-refractivity contribution in [3.8, 4) is 0 Å². The summed E-state index contributed by atoms with van der Waals surface area (Å²) in [4.78, 5) is 10.2. The first-order valence-electron chi connectivity index (χ1n) is 5.12. The Balaban J connectivity index is 3.11. The lowest BCUT2D eigenvalue weighted by Gasteiger charge is -2.11. The Morgan fingerprint density at radius 1 is 1.46 bits per heavy atom. The molecule has 0 spiro atoms. The average Bonchev–Trinajstić information content (AvgIpc) is 2.03. The predicted octanol–water partition coefficient (Wildman–Crippen LogP) is 2.02. The number of carbonyl (C=O) groups is 1. The summed E-state index contributed by atoms with van der Waals surface area (Å²) in [5, 5.41) is 11.8. The van der Waals surface area contributed by atoms with E-state index in [1.807, 2.05) is 0 Å². The highest BCUT2D eigenvalue weighted by Crippen LogP contribution is 1.97. The molecule has 3 nitrogen and oxygen atoms in total. The first-order chi connectivity index (χ1) is 6.16. The fourth-order valence-corrected chi connectivity index (χ4v) is 1.28. The molecule has 0 aromatic carbocycles. The lowest BCUT2D eigenvalue weighted by molar-refractivity contribution is -0.137. The number of unbranched alkanes of at least 4 members (excludes halogenated alkanes) is 1. The van der Waals surface area contributed by atoms with Gasteiger partial charge in [-0.2, -0.15) is 0 Å². The summed E-state index contributed by atoms with van der Waals surface area (Å²) in [6.45, 7) is 5.28. The molecular weight excluding hydrogens is 166 g/mol. The largest absolute Gasteiger partial charge is 0.481 e. The zero-order valence-electron chi connectivity index (χ0n) is 8.68. The summed E-state index contributed by atoms with van der Waals surface area (Å²) < 4.78 is 0. The van der Waals surface area contributed by atoms with Crippen LogP contribution in [0.25, 0.3) is 0 Å². The molecule has 78 valence electrons. The predicted molar refractivity (Wildman–Crippen MR) is 53.9 cm³/mol. The highest BCUT2D eigenvalue weighted by atomic mass is 16.4. The quantitative estimate of drug-likeness (QED) is 0.571. The van der Waals surface area contributed by atoms with Crippen molar-refractivity contribution in [2.24, 2.45) is 0 Å². The van der Waals surface area contributed by atoms with E-state index in [1.54, 1.807) is 0 Å². The molecule has 0 saturated carbocycles. The molecule has 0 heterocycles. The molecule has 0 aliphatic carbocycles. The van der Waals surface area contributed by atoms with Crippen molar-refractivity contribution < 1.29 is 9.90 Å². The molecule has 0 aliphatic rings. The lowest BCUT2D eigenvalue weighted by Crippen LogP contribution is -2.26. The summed E-state index contributed by atoms with van der Waals surface area (Å²) in [5.41, 5.74) is 0. The van der Waals surface area contributed by atoms with Crippen LogP contribution in [0.15, 0.2) is 0 Å². The van der Waals surface area contributed by atoms with Crippen LogP contribution in [0.5, 0.6) is 0 Å². The number of rotatable bonds is 8. The Kier molecular flexibility index (Phi) is 7.69. The Hall–Kier alpha value is -0.570. The van der Waals surface area contributed by atoms with Gasteiger partial charge in [-0.1, -0.05) is 13.3 Å². The van der Waals surface area contributed by atoms with Crippen LogP contribution in [-0.4, -0.2) is 23.7 Å². The van der Waals surface area contributed by atoms with Crippen LogP contribution in [0.3, 0.4) is 0 Å². The van der Waals surface area contributed by atoms with Crippen LogP contribution < -0.4 is 5.32 Å². The van der Waals surface area contributed by atoms with Gasteiger partial charge in [0, 0.05) is 12.5 Å². The van der Waals surface area contributed by atoms with Crippen molar-refractivity contribution in [3.05, 3.63) is 0 Å². The minimum Gasteiger partial charge on any atom is -0.481 e. The zero-order chi connectivity index (χ0) is 10.1. The van der Waals surface area contributed by atoms with Gasteiger partial charge in [-0.3, -0.25) is 4.79 Å². The van der Waals surface area contributed by atoms with Crippen molar-refractivity contribution >= 4 is 5.97 Å². The van der Waals surface area contributed by atoms with E-state index in [2.05, 4.69) is 19.2 Å². The van der Waals surface area contributed by atoms with Crippen LogP contribution in [0.4, 0.5) is 0 Å². The van der Waals surface area contributed by atoms with Crippen LogP contribution in [0.1, 0.15) is 46.0 Å². The van der Waals surface area contributed by atoms with Gasteiger partial charge in [0.2, 0.25) is 0 Å². The highest BCUT2D eigenvalue weighted by Gasteiger charge is 1.99. The number of carboxylic acid groups (broad SMARTS) is 1. The van der Waals surface area contributed by atoms with Crippen LogP contribution in [-0.2, 0) is 4.79 Å². The summed E-state index contributed by atoms with van der Waals surface area (Å²) >= 11 is 0. The standard InChI is InChI=1S/C10H21NO2/c1-3-6-9(2)11-8-5-4-7-10(12)13/h9,11H,3-8H2,1-2H3,(H,12,13). The first kappa shape index (κ1) is 12.4. The Labute approximate surface area is 80.5 Å². The molecule has 1 unspecified atom stereocenters. The summed E-state index contributed by atoms with van der Waals surface area (Å²) in [7, 11) is 0. The van der Waals surface area contributed by atoms with Gasteiger partial charge in [0.25, 0.3) is 0 Å². The molecule has 0 bridgehead atoms. The second-order valence-corrected chi connectivity index (χ2v) is 3.49. The molecule has 0 radical (unpaired) electrons. The normalized spacial score (nSPS) is 12.8. The van der Waals surface area contributed by atoms with E-state index in [9.17, 15) is 4.79 Å². The van der Waals surface area contributed by atoms with E-state index < -0.39 is 5.97 Å². The Bertz CT molecular complexity index is 137. The molecule has 0 saturated heterocycles. The minimum atomic E-state index is -0.693. The molecule has 13 heavy (non-hydrogen) atoms. The zero-order valence-corrected chi connectivity index (χ0v) is 8.68. The monoisotopic (exact) mass is 187 g/mol. The van der Waals surface area contributed by atoms with Gasteiger partial charge in [-0.05, 0) is 32.7 Å². The van der Waals surface area contributed by atoms with Crippen LogP contribution in [0, 0.1) is 0 Å². The van der Waals surface area contributed by atoms with Crippen molar-refractivity contribution in [1.29, 1.82) is 0 Å². The van der Waals surface area contributed by atoms with Crippen molar-refractivity contribution in [2.45, 2.75) is 52.0 Å². The molecule has 0 aromatic heterocycles. The number of nitrogens with one attached hydrogen (secondary N) is 1. The number of aliphatic carboxylic acids is 1. The summed E-state index contributed by atoms with van der Waals surface area (Å²) in [6.07, 6.45) is 4.42. The second-order valence-electron chi connectivity index (χ2n) is 3.49. The van der Waals surface area contributed by atoms with E-state index in [0.717, 1.165) is 19.4 Å². The number of carboxylic acids is 1. The van der Waals surface area contributed by atoms with Gasteiger partial charge in [0.05, 0.1) is 0 Å². The van der Waals surface area contributed by atoms with Gasteiger partial charge < -0.3 is 10.4 Å². The van der Waals surface area contributed by atoms with E-state index >= 15 is 0 Å². The molecule has 0 aromatic rings. The van der Waals surface area contributed by atoms with E-state index in [0.29, 0.717) is 12.5 Å². The number of hydrogen-bond acceptors (Lipinski definition) is 2. The number of hydrogen-bond donors (Lipinski definition) is 2. The van der Waals surface area contributed by atoms with Crippen LogP contribution in [0.2, 0.25) is 0 Å². The molecule has 0 aliphatic heterocycles. The molecule has 2 N–H and O–H groups in total. The van der Waals surface area contributed by atoms with Crippen molar-refractivity contribution in [3.63, 3.8) is 0 Å². The van der Waals surface area contributed by atoms with Gasteiger partial charge >= 0.3 is 5.97 Å². The third kappa shape index (κ3) is 9.34. The Morgan fingerprint density at radius 3 is 2.69 bits per heavy atom. The lowest BCUT2D eigenvalue weighted by atomic mass is 10.2. The van der Waals surface area contributed by atoms with E-state index in [-0.39, 0.29) is 0 Å². The molecule has 3 heteroatoms. The maximum absolute atomic E-state index is 10.2. The van der Waals surface area contributed by atoms with E-state index in [1.165, 1.54) is 12.8 Å². The van der Waals surface area contributed by atoms with Gasteiger partial charge in [-0.25, -0.2) is 0 Å². The topological polar surface area (TPSA) is 49.3 Å². The summed E-state index contributed by atoms with van der Waals surface area (Å²) in [6, 6.07) is 0.565. The molecule has 0 rings (SSSR count). The molecule has 0 amide bonds. The highest BCUT2D eigenvalue weighted by molar-refractivity contribution is 5.66. The molecular formula is C10H21NO2. The van der Waals surface area contributed by atoms with Crippen molar-refractivity contribution in [1.82, 2.24) is 5.32 Å². The first-order valence-corrected chi connectivity index (χ1v) is 5.12.